The average molecular weight is 372 g/mol. The van der Waals surface area contributed by atoms with Gasteiger partial charge in [-0.1, -0.05) is 0 Å². The van der Waals surface area contributed by atoms with Crippen molar-refractivity contribution >= 4 is 12.0 Å². The second-order valence-corrected chi connectivity index (χ2v) is 7.14. The number of amides is 2. The molecule has 1 aromatic rings. The van der Waals surface area contributed by atoms with Crippen LogP contribution >= 0.6 is 0 Å². The summed E-state index contributed by atoms with van der Waals surface area (Å²) >= 11 is 0. The first-order valence-electron chi connectivity index (χ1n) is 9.36. The van der Waals surface area contributed by atoms with Gasteiger partial charge in [-0.3, -0.25) is 4.79 Å². The number of hydrogen-bond donors (Lipinski definition) is 2. The first-order chi connectivity index (χ1) is 13.0. The highest BCUT2D eigenvalue weighted by Crippen LogP contribution is 2.24. The molecule has 2 aliphatic rings. The van der Waals surface area contributed by atoms with Crippen LogP contribution in [-0.2, 0) is 4.79 Å². The second kappa shape index (κ2) is 8.71. The molecular weight excluding hydrogens is 348 g/mol. The molecule has 27 heavy (non-hydrogen) atoms. The number of hydrogen-bond acceptors (Lipinski definition) is 5. The Morgan fingerprint density at radius 3 is 2.44 bits per heavy atom. The molecule has 0 aromatic carbocycles. The van der Waals surface area contributed by atoms with E-state index in [1.54, 1.807) is 17.0 Å². The van der Waals surface area contributed by atoms with Crippen molar-refractivity contribution in [3.05, 3.63) is 23.9 Å². The zero-order valence-electron chi connectivity index (χ0n) is 15.1. The van der Waals surface area contributed by atoms with Crippen LogP contribution in [0.25, 0.3) is 0 Å². The Kier molecular flexibility index (Phi) is 6.12. The molecule has 144 valence electrons. The lowest BCUT2D eigenvalue weighted by Gasteiger charge is -2.34. The second-order valence-electron chi connectivity index (χ2n) is 7.14. The Balaban J connectivity index is 1.39. The summed E-state index contributed by atoms with van der Waals surface area (Å²) in [7, 11) is 0. The van der Waals surface area contributed by atoms with Crippen molar-refractivity contribution in [1.82, 2.24) is 15.2 Å². The molecule has 0 unspecified atom stereocenters. The lowest BCUT2D eigenvalue weighted by Crippen LogP contribution is -2.49. The van der Waals surface area contributed by atoms with Crippen LogP contribution in [0.5, 0.6) is 5.88 Å². The third-order valence-electron chi connectivity index (χ3n) is 5.29. The SMILES string of the molecule is N#Cc1ccc(OC2CCC(NC(=O)N3CCC(C(=O)O)CC3)CC2)nc1. The standard InChI is InChI=1S/C19H24N4O4/c20-11-13-1-6-17(21-12-13)27-16-4-2-15(3-5-16)22-19(26)23-9-7-14(8-10-23)18(24)25/h1,6,12,14-16H,2-5,7-10H2,(H,22,26)(H,24,25). The summed E-state index contributed by atoms with van der Waals surface area (Å²) in [4.78, 5) is 29.2. The van der Waals surface area contributed by atoms with Gasteiger partial charge in [-0.2, -0.15) is 5.26 Å². The van der Waals surface area contributed by atoms with Crippen LogP contribution in [-0.4, -0.2) is 52.2 Å². The number of nitrogens with one attached hydrogen (secondary N) is 1. The number of rotatable bonds is 4. The van der Waals surface area contributed by atoms with E-state index in [4.69, 9.17) is 15.1 Å². The minimum atomic E-state index is -0.773. The largest absolute Gasteiger partial charge is 0.481 e. The monoisotopic (exact) mass is 372 g/mol. The number of carboxylic acid groups (broad SMARTS) is 1. The van der Waals surface area contributed by atoms with Crippen LogP contribution in [0.1, 0.15) is 44.1 Å². The fraction of sp³-hybridized carbons (Fsp3) is 0.579. The smallest absolute Gasteiger partial charge is 0.317 e. The third kappa shape index (κ3) is 5.09. The maximum absolute atomic E-state index is 12.4. The first kappa shape index (κ1) is 19.0. The van der Waals surface area contributed by atoms with E-state index in [-0.39, 0.29) is 24.1 Å². The topological polar surface area (TPSA) is 116 Å². The molecule has 0 atom stereocenters. The molecule has 8 heteroatoms. The molecule has 1 aliphatic carbocycles. The van der Waals surface area contributed by atoms with Gasteiger partial charge in [0.25, 0.3) is 0 Å². The summed E-state index contributed by atoms with van der Waals surface area (Å²) in [5.74, 6) is -0.592. The molecule has 0 radical (unpaired) electrons. The lowest BCUT2D eigenvalue weighted by atomic mass is 9.93. The number of carbonyl (C=O) groups excluding carboxylic acids is 1. The summed E-state index contributed by atoms with van der Waals surface area (Å²) in [6, 6.07) is 5.42. The van der Waals surface area contributed by atoms with E-state index in [2.05, 4.69) is 10.3 Å². The van der Waals surface area contributed by atoms with E-state index in [9.17, 15) is 9.59 Å². The fourth-order valence-corrected chi connectivity index (χ4v) is 3.61. The van der Waals surface area contributed by atoms with Crippen LogP contribution in [0.15, 0.2) is 18.3 Å². The Morgan fingerprint density at radius 2 is 1.89 bits per heavy atom. The lowest BCUT2D eigenvalue weighted by molar-refractivity contribution is -0.143. The van der Waals surface area contributed by atoms with Crippen molar-refractivity contribution in [3.63, 3.8) is 0 Å². The maximum atomic E-state index is 12.4. The molecule has 1 saturated carbocycles. The van der Waals surface area contributed by atoms with Crippen LogP contribution in [0.2, 0.25) is 0 Å². The van der Waals surface area contributed by atoms with Gasteiger partial charge in [0, 0.05) is 31.4 Å². The quantitative estimate of drug-likeness (QED) is 0.837. The van der Waals surface area contributed by atoms with Gasteiger partial charge >= 0.3 is 12.0 Å². The van der Waals surface area contributed by atoms with Gasteiger partial charge in [-0.15, -0.1) is 0 Å². The van der Waals surface area contributed by atoms with E-state index in [1.807, 2.05) is 6.07 Å². The van der Waals surface area contributed by atoms with Gasteiger partial charge in [-0.25, -0.2) is 9.78 Å². The van der Waals surface area contributed by atoms with Gasteiger partial charge in [-0.05, 0) is 44.6 Å². The Hall–Kier alpha value is -2.82. The Morgan fingerprint density at radius 1 is 1.19 bits per heavy atom. The molecule has 2 N–H and O–H groups in total. The van der Waals surface area contributed by atoms with Crippen molar-refractivity contribution in [2.75, 3.05) is 13.1 Å². The zero-order valence-corrected chi connectivity index (χ0v) is 15.1. The molecule has 0 spiro atoms. The number of aliphatic carboxylic acids is 1. The minimum absolute atomic E-state index is 0.0601. The number of carboxylic acids is 1. The first-order valence-corrected chi connectivity index (χ1v) is 9.36. The molecular formula is C19H24N4O4. The minimum Gasteiger partial charge on any atom is -0.481 e. The predicted molar refractivity (Wildman–Crippen MR) is 96.1 cm³/mol. The number of aromatic nitrogens is 1. The number of carbonyl (C=O) groups is 2. The van der Waals surface area contributed by atoms with Gasteiger partial charge in [0.2, 0.25) is 5.88 Å². The molecule has 1 aliphatic heterocycles. The highest BCUT2D eigenvalue weighted by atomic mass is 16.5. The molecule has 0 bridgehead atoms. The highest BCUT2D eigenvalue weighted by molar-refractivity contribution is 5.75. The van der Waals surface area contributed by atoms with Crippen molar-refractivity contribution in [2.45, 2.75) is 50.7 Å². The third-order valence-corrected chi connectivity index (χ3v) is 5.29. The van der Waals surface area contributed by atoms with Gasteiger partial charge in [0.1, 0.15) is 12.2 Å². The van der Waals surface area contributed by atoms with Crippen molar-refractivity contribution < 1.29 is 19.4 Å². The van der Waals surface area contributed by atoms with Gasteiger partial charge in [0.15, 0.2) is 0 Å². The zero-order chi connectivity index (χ0) is 19.2. The molecule has 1 aromatic heterocycles. The van der Waals surface area contributed by atoms with Gasteiger partial charge in [0.05, 0.1) is 11.5 Å². The number of nitriles is 1. The summed E-state index contributed by atoms with van der Waals surface area (Å²) in [5, 5.41) is 20.9. The van der Waals surface area contributed by atoms with E-state index in [0.29, 0.717) is 37.4 Å². The highest BCUT2D eigenvalue weighted by Gasteiger charge is 2.29. The fourth-order valence-electron chi connectivity index (χ4n) is 3.61. The van der Waals surface area contributed by atoms with Crippen molar-refractivity contribution in [2.24, 2.45) is 5.92 Å². The normalized spacial score (nSPS) is 23.3. The summed E-state index contributed by atoms with van der Waals surface area (Å²) in [6.07, 6.45) is 5.90. The van der Waals surface area contributed by atoms with Gasteiger partial charge < -0.3 is 20.1 Å². The average Bonchev–Trinajstić information content (AvgIpc) is 2.70. The summed E-state index contributed by atoms with van der Waals surface area (Å²) in [6.45, 7) is 0.983. The molecule has 2 amide bonds. The van der Waals surface area contributed by atoms with E-state index in [0.717, 1.165) is 25.7 Å². The Labute approximate surface area is 158 Å². The number of ether oxygens (including phenoxy) is 1. The van der Waals surface area contributed by atoms with Crippen LogP contribution in [0.4, 0.5) is 4.79 Å². The number of pyridine rings is 1. The summed E-state index contributed by atoms with van der Waals surface area (Å²) < 4.78 is 5.86. The van der Waals surface area contributed by atoms with Crippen LogP contribution < -0.4 is 10.1 Å². The molecule has 3 rings (SSSR count). The number of piperidine rings is 1. The number of likely N-dealkylation sites (tertiary alicyclic amines) is 1. The Bertz CT molecular complexity index is 699. The number of urea groups is 1. The van der Waals surface area contributed by atoms with E-state index >= 15 is 0 Å². The van der Waals surface area contributed by atoms with E-state index in [1.165, 1.54) is 6.20 Å². The predicted octanol–water partition coefficient (Wildman–Crippen LogP) is 2.15. The maximum Gasteiger partial charge on any atom is 0.317 e. The van der Waals surface area contributed by atoms with Crippen LogP contribution in [0.3, 0.4) is 0 Å². The van der Waals surface area contributed by atoms with E-state index < -0.39 is 5.97 Å². The molecule has 8 nitrogen and oxygen atoms in total. The van der Waals surface area contributed by atoms with Crippen molar-refractivity contribution in [1.29, 1.82) is 5.26 Å². The van der Waals surface area contributed by atoms with Crippen molar-refractivity contribution in [3.8, 4) is 11.9 Å². The summed E-state index contributed by atoms with van der Waals surface area (Å²) in [5.41, 5.74) is 0.501. The number of nitrogens with zero attached hydrogens (tertiary/aromatic N) is 3. The molecule has 2 heterocycles. The molecule has 2 fully saturated rings. The molecule has 1 saturated heterocycles. The van der Waals surface area contributed by atoms with Crippen LogP contribution in [0, 0.1) is 17.2 Å².